The van der Waals surface area contributed by atoms with Crippen LogP contribution in [0.5, 0.6) is 0 Å². The van der Waals surface area contributed by atoms with Crippen molar-refractivity contribution in [3.8, 4) is 0 Å². The molecule has 2 aromatic rings. The fourth-order valence-corrected chi connectivity index (χ4v) is 4.62. The van der Waals surface area contributed by atoms with Gasteiger partial charge in [0.1, 0.15) is 41.7 Å². The number of ether oxygens (including phenoxy) is 1. The van der Waals surface area contributed by atoms with Crippen LogP contribution in [0.2, 0.25) is 0 Å². The second-order valence-electron chi connectivity index (χ2n) is 6.50. The summed E-state index contributed by atoms with van der Waals surface area (Å²) in [6.45, 7) is 0. The Morgan fingerprint density at radius 2 is 2.15 bits per heavy atom. The highest BCUT2D eigenvalue weighted by molar-refractivity contribution is 7.96. The molecule has 6 atom stereocenters. The average molecular weight is 398 g/mol. The predicted octanol–water partition coefficient (Wildman–Crippen LogP) is -3.26. The molecule has 0 saturated carbocycles. The molecule has 12 heteroatoms. The molecule has 1 aliphatic rings. The smallest absolute Gasteiger partial charge is 0.167 e. The molecule has 148 valence electrons. The number of nitrogens with zero attached hydrogens (tertiary/aromatic N) is 4. The Bertz CT molecular complexity index is 819. The van der Waals surface area contributed by atoms with Crippen LogP contribution in [0.4, 0.5) is 5.82 Å². The molecule has 1 saturated heterocycles. The first-order valence-electron chi connectivity index (χ1n) is 8.29. The molecule has 27 heavy (non-hydrogen) atoms. The van der Waals surface area contributed by atoms with Crippen LogP contribution in [-0.2, 0) is 20.4 Å². The molecule has 6 N–H and O–H groups in total. The first kappa shape index (κ1) is 19.8. The number of carbonyl (C=O) groups excluding carboxylic acids is 1. The summed E-state index contributed by atoms with van der Waals surface area (Å²) in [6.07, 6.45) is 1.17. The van der Waals surface area contributed by atoms with Crippen LogP contribution in [0.3, 0.4) is 0 Å². The number of aliphatic hydroxyl groups excluding tert-OH is 2. The number of aliphatic hydroxyl groups is 2. The molecule has 2 aromatic heterocycles. The summed E-state index contributed by atoms with van der Waals surface area (Å²) in [6, 6.07) is -1.02. The summed E-state index contributed by atoms with van der Waals surface area (Å²) in [5, 5.41) is 31.5. The van der Waals surface area contributed by atoms with E-state index < -0.39 is 36.6 Å². The van der Waals surface area contributed by atoms with Crippen molar-refractivity contribution in [1.82, 2.24) is 19.5 Å². The van der Waals surface area contributed by atoms with Gasteiger partial charge in [-0.05, 0) is 10.9 Å². The minimum Gasteiger partial charge on any atom is -0.548 e. The fourth-order valence-electron chi connectivity index (χ4n) is 2.96. The Kier molecular flexibility index (Phi) is 5.81. The minimum absolute atomic E-state index is 0.211. The highest BCUT2D eigenvalue weighted by atomic mass is 32.2. The molecular weight excluding hydrogens is 376 g/mol. The molecule has 3 rings (SSSR count). The Morgan fingerprint density at radius 1 is 1.41 bits per heavy atom. The summed E-state index contributed by atoms with van der Waals surface area (Å²) in [5.74, 6) is -0.0611. The summed E-state index contributed by atoms with van der Waals surface area (Å²) in [5.41, 5.74) is 12.0. The van der Waals surface area contributed by atoms with E-state index in [1.807, 2.05) is 6.26 Å². The molecule has 3 heterocycles. The molecule has 0 bridgehead atoms. The molecule has 0 aromatic carbocycles. The van der Waals surface area contributed by atoms with Gasteiger partial charge in [0.2, 0.25) is 0 Å². The van der Waals surface area contributed by atoms with Gasteiger partial charge in [0.25, 0.3) is 0 Å². The topological polar surface area (TPSA) is 185 Å². The maximum atomic E-state index is 10.7. The van der Waals surface area contributed by atoms with Crippen molar-refractivity contribution >= 4 is 33.8 Å². The van der Waals surface area contributed by atoms with Crippen molar-refractivity contribution in [2.24, 2.45) is 5.73 Å². The quantitative estimate of drug-likeness (QED) is 0.345. The number of hydrogen-bond acceptors (Lipinski definition) is 10. The van der Waals surface area contributed by atoms with Crippen LogP contribution in [0, 0.1) is 0 Å². The monoisotopic (exact) mass is 398 g/mol. The number of carbonyl (C=O) groups is 1. The number of carboxylic acid groups (broad SMARTS) is 1. The van der Waals surface area contributed by atoms with Gasteiger partial charge in [0.15, 0.2) is 17.7 Å². The van der Waals surface area contributed by atoms with E-state index in [0.717, 1.165) is 0 Å². The third-order valence-corrected chi connectivity index (χ3v) is 6.36. The molecule has 0 spiro atoms. The number of fused-ring (bicyclic) bond motifs is 1. The minimum atomic E-state index is -1.28. The van der Waals surface area contributed by atoms with Crippen LogP contribution >= 0.6 is 0 Å². The van der Waals surface area contributed by atoms with Crippen LogP contribution in [-0.4, -0.2) is 77.8 Å². The number of hydrogen-bond donors (Lipinski definition) is 4. The number of carboxylic acids is 1. The SMILES string of the molecule is C[S+](CC[C@@H](N)C(=O)[O-])C[C@@H]1O[C@H](n2cnc3c(N)ncnc32)[C@@H](O)[C@H]1O. The first-order valence-corrected chi connectivity index (χ1v) is 10.3. The zero-order chi connectivity index (χ0) is 19.7. The normalized spacial score (nSPS) is 27.7. The van der Waals surface area contributed by atoms with Gasteiger partial charge in [-0.3, -0.25) is 4.57 Å². The molecule has 1 fully saturated rings. The zero-order valence-corrected chi connectivity index (χ0v) is 15.5. The first-order chi connectivity index (χ1) is 12.8. The fraction of sp³-hybridized carbons (Fsp3) is 0.600. The Balaban J connectivity index is 1.68. The number of imidazole rings is 1. The molecule has 1 unspecified atom stereocenters. The van der Waals surface area contributed by atoms with E-state index in [1.54, 1.807) is 0 Å². The zero-order valence-electron chi connectivity index (χ0n) is 14.6. The maximum Gasteiger partial charge on any atom is 0.167 e. The van der Waals surface area contributed by atoms with Crippen molar-refractivity contribution in [2.45, 2.75) is 37.0 Å². The highest BCUT2D eigenvalue weighted by Crippen LogP contribution is 2.32. The van der Waals surface area contributed by atoms with Crippen molar-refractivity contribution in [3.05, 3.63) is 12.7 Å². The second-order valence-corrected chi connectivity index (χ2v) is 8.80. The van der Waals surface area contributed by atoms with Gasteiger partial charge in [-0.2, -0.15) is 0 Å². The molecule has 0 amide bonds. The van der Waals surface area contributed by atoms with E-state index in [4.69, 9.17) is 16.2 Å². The Morgan fingerprint density at radius 3 is 2.85 bits per heavy atom. The van der Waals surface area contributed by atoms with E-state index in [9.17, 15) is 20.1 Å². The van der Waals surface area contributed by atoms with Crippen LogP contribution in [0.25, 0.3) is 11.2 Å². The van der Waals surface area contributed by atoms with Gasteiger partial charge >= 0.3 is 0 Å². The van der Waals surface area contributed by atoms with Gasteiger partial charge in [-0.1, -0.05) is 0 Å². The maximum absolute atomic E-state index is 10.7. The summed E-state index contributed by atoms with van der Waals surface area (Å²) >= 11 is 0. The van der Waals surface area contributed by atoms with E-state index >= 15 is 0 Å². The lowest BCUT2D eigenvalue weighted by Gasteiger charge is -2.16. The standard InChI is InChI=1S/C15H22N6O5S/c1-27(3-2-7(16)15(24)25)4-8-10(22)11(23)14(26-8)21-6-20-9-12(17)18-5-19-13(9)21/h5-8,10-11,14,22-23H,2-4,16H2,1H3,(H2-,17,18,19,24,25)/t7-,8+,10+,11+,14+,27?/m1/s1. The second kappa shape index (κ2) is 7.94. The van der Waals surface area contributed by atoms with Crippen molar-refractivity contribution in [3.63, 3.8) is 0 Å². The van der Waals surface area contributed by atoms with Gasteiger partial charge < -0.3 is 36.3 Å². The van der Waals surface area contributed by atoms with Crippen LogP contribution in [0.1, 0.15) is 12.6 Å². The molecular formula is C15H22N6O5S. The lowest BCUT2D eigenvalue weighted by Crippen LogP contribution is -2.43. The van der Waals surface area contributed by atoms with Gasteiger partial charge in [-0.15, -0.1) is 0 Å². The largest absolute Gasteiger partial charge is 0.548 e. The van der Waals surface area contributed by atoms with E-state index in [2.05, 4.69) is 15.0 Å². The summed E-state index contributed by atoms with van der Waals surface area (Å²) in [4.78, 5) is 22.8. The van der Waals surface area contributed by atoms with Crippen molar-refractivity contribution < 1.29 is 24.9 Å². The lowest BCUT2D eigenvalue weighted by molar-refractivity contribution is -0.307. The molecule has 0 radical (unpaired) electrons. The highest BCUT2D eigenvalue weighted by Gasteiger charge is 2.46. The van der Waals surface area contributed by atoms with E-state index in [1.165, 1.54) is 17.2 Å². The molecule has 11 nitrogen and oxygen atoms in total. The molecule has 1 aliphatic heterocycles. The van der Waals surface area contributed by atoms with Crippen molar-refractivity contribution in [1.29, 1.82) is 0 Å². The number of nitrogen functional groups attached to an aromatic ring is 1. The lowest BCUT2D eigenvalue weighted by atomic mass is 10.1. The summed E-state index contributed by atoms with van der Waals surface area (Å²) < 4.78 is 7.39. The number of aliphatic carboxylic acids is 1. The Labute approximate surface area is 157 Å². The van der Waals surface area contributed by atoms with E-state index in [-0.39, 0.29) is 23.1 Å². The summed E-state index contributed by atoms with van der Waals surface area (Å²) in [7, 11) is -0.263. The van der Waals surface area contributed by atoms with Gasteiger partial charge in [-0.25, -0.2) is 15.0 Å². The van der Waals surface area contributed by atoms with Crippen LogP contribution < -0.4 is 16.6 Å². The predicted molar refractivity (Wildman–Crippen MR) is 96.3 cm³/mol. The van der Waals surface area contributed by atoms with Crippen LogP contribution in [0.15, 0.2) is 12.7 Å². The van der Waals surface area contributed by atoms with Gasteiger partial charge in [0, 0.05) is 12.5 Å². The molecule has 0 aliphatic carbocycles. The van der Waals surface area contributed by atoms with Gasteiger partial charge in [0.05, 0.1) is 18.6 Å². The third-order valence-electron chi connectivity index (χ3n) is 4.53. The van der Waals surface area contributed by atoms with E-state index in [0.29, 0.717) is 22.7 Å². The number of aromatic nitrogens is 4. The number of rotatable bonds is 7. The third kappa shape index (κ3) is 3.99. The average Bonchev–Trinajstić information content (AvgIpc) is 3.17. The Hall–Kier alpha value is -1.99. The van der Waals surface area contributed by atoms with Crippen molar-refractivity contribution in [2.75, 3.05) is 23.5 Å². The number of nitrogens with two attached hydrogens (primary N) is 2. The number of anilines is 1.